The molecule has 1 aromatic rings. The Labute approximate surface area is 115 Å². The fourth-order valence-electron chi connectivity index (χ4n) is 2.35. The van der Waals surface area contributed by atoms with E-state index in [2.05, 4.69) is 0 Å². The Bertz CT molecular complexity index is 519. The molecule has 1 fully saturated rings. The molecule has 0 radical (unpaired) electrons. The first-order valence-corrected chi connectivity index (χ1v) is 6.39. The summed E-state index contributed by atoms with van der Waals surface area (Å²) in [5.74, 6) is -1.90. The maximum atomic E-state index is 12.6. The third-order valence-electron chi connectivity index (χ3n) is 3.44. The zero-order valence-corrected chi connectivity index (χ0v) is 10.8. The lowest BCUT2D eigenvalue weighted by atomic mass is 9.97. The van der Waals surface area contributed by atoms with Crippen molar-refractivity contribution in [2.45, 2.75) is 19.3 Å². The molecule has 4 nitrogen and oxygen atoms in total. The van der Waals surface area contributed by atoms with Crippen molar-refractivity contribution >= 4 is 11.9 Å². The molecule has 0 spiro atoms. The van der Waals surface area contributed by atoms with Gasteiger partial charge in [-0.15, -0.1) is 0 Å². The van der Waals surface area contributed by atoms with E-state index in [0.29, 0.717) is 19.4 Å². The highest BCUT2D eigenvalue weighted by molar-refractivity contribution is 5.94. The number of hydrogen-bond donors (Lipinski definition) is 1. The van der Waals surface area contributed by atoms with Crippen LogP contribution in [0, 0.1) is 5.92 Å². The number of hydrogen-bond acceptors (Lipinski definition) is 2. The second-order valence-corrected chi connectivity index (χ2v) is 4.85. The summed E-state index contributed by atoms with van der Waals surface area (Å²) in [5.41, 5.74) is -0.0310. The van der Waals surface area contributed by atoms with Crippen LogP contribution in [0.25, 0.3) is 0 Å². The molecule has 0 aromatic heterocycles. The number of carboxylic acids is 1. The van der Waals surface area contributed by atoms with Crippen molar-refractivity contribution in [2.24, 2.45) is 5.92 Å². The predicted molar refractivity (Wildman–Crippen MR) is 67.7 cm³/mol. The van der Waals surface area contributed by atoms with Crippen LogP contribution < -0.4 is 0 Å². The summed E-state index contributed by atoms with van der Waals surface area (Å²) in [5, 5.41) is 8.99. The lowest BCUT2D eigenvalue weighted by Gasteiger charge is -2.30. The van der Waals surface area contributed by atoms with Gasteiger partial charge in [0.05, 0.1) is 5.92 Å². The van der Waals surface area contributed by atoms with Crippen LogP contribution in [0.3, 0.4) is 0 Å². The zero-order chi connectivity index (χ0) is 14.7. The Kier molecular flexibility index (Phi) is 4.32. The van der Waals surface area contributed by atoms with Crippen molar-refractivity contribution in [3.8, 4) is 0 Å². The summed E-state index contributed by atoms with van der Waals surface area (Å²) in [4.78, 5) is 24.6. The van der Waals surface area contributed by atoms with E-state index in [4.69, 9.17) is 5.11 Å². The average molecular weight is 283 g/mol. The quantitative estimate of drug-likeness (QED) is 0.927. The standard InChI is InChI=1S/C14H15F2NO3/c15-12(16)9-3-1-4-10(7-9)13(18)17-6-2-5-11(8-17)14(19)20/h1,3-4,7,11-12H,2,5-6,8H2,(H,19,20). The van der Waals surface area contributed by atoms with Gasteiger partial charge in [0.15, 0.2) is 0 Å². The second-order valence-electron chi connectivity index (χ2n) is 4.85. The predicted octanol–water partition coefficient (Wildman–Crippen LogP) is 2.56. The molecule has 20 heavy (non-hydrogen) atoms. The van der Waals surface area contributed by atoms with Gasteiger partial charge in [-0.05, 0) is 25.0 Å². The number of halogens is 2. The number of amides is 1. The van der Waals surface area contributed by atoms with E-state index in [-0.39, 0.29) is 17.7 Å². The van der Waals surface area contributed by atoms with Gasteiger partial charge in [0, 0.05) is 24.2 Å². The van der Waals surface area contributed by atoms with Gasteiger partial charge in [0.2, 0.25) is 0 Å². The van der Waals surface area contributed by atoms with Gasteiger partial charge in [-0.25, -0.2) is 8.78 Å². The molecule has 1 amide bonds. The molecular weight excluding hydrogens is 268 g/mol. The smallest absolute Gasteiger partial charge is 0.308 e. The molecule has 1 aliphatic rings. The SMILES string of the molecule is O=C(O)C1CCCN(C(=O)c2cccc(C(F)F)c2)C1. The van der Waals surface area contributed by atoms with Crippen molar-refractivity contribution in [1.82, 2.24) is 4.90 Å². The van der Waals surface area contributed by atoms with E-state index in [0.717, 1.165) is 6.07 Å². The number of piperidine rings is 1. The van der Waals surface area contributed by atoms with Crippen LogP contribution in [-0.4, -0.2) is 35.0 Å². The normalized spacial score (nSPS) is 19.1. The van der Waals surface area contributed by atoms with Crippen molar-refractivity contribution in [2.75, 3.05) is 13.1 Å². The minimum Gasteiger partial charge on any atom is -0.481 e. The maximum Gasteiger partial charge on any atom is 0.308 e. The first-order valence-electron chi connectivity index (χ1n) is 6.39. The summed E-state index contributed by atoms with van der Waals surface area (Å²) in [7, 11) is 0. The van der Waals surface area contributed by atoms with Crippen LogP contribution in [0.1, 0.15) is 35.2 Å². The van der Waals surface area contributed by atoms with Crippen molar-refractivity contribution in [1.29, 1.82) is 0 Å². The molecule has 0 aliphatic carbocycles. The summed E-state index contributed by atoms with van der Waals surface area (Å²) >= 11 is 0. The Morgan fingerprint density at radius 2 is 2.10 bits per heavy atom. The minimum absolute atomic E-state index is 0.132. The number of benzene rings is 1. The van der Waals surface area contributed by atoms with Crippen molar-refractivity contribution < 1.29 is 23.5 Å². The van der Waals surface area contributed by atoms with E-state index in [1.807, 2.05) is 0 Å². The monoisotopic (exact) mass is 283 g/mol. The van der Waals surface area contributed by atoms with Gasteiger partial charge < -0.3 is 10.0 Å². The van der Waals surface area contributed by atoms with E-state index in [1.165, 1.54) is 23.1 Å². The van der Waals surface area contributed by atoms with Crippen LogP contribution in [0.4, 0.5) is 8.78 Å². The molecule has 1 unspecified atom stereocenters. The fraction of sp³-hybridized carbons (Fsp3) is 0.429. The van der Waals surface area contributed by atoms with Gasteiger partial charge in [0.1, 0.15) is 0 Å². The fourth-order valence-corrected chi connectivity index (χ4v) is 2.35. The molecule has 1 atom stereocenters. The van der Waals surface area contributed by atoms with Crippen LogP contribution >= 0.6 is 0 Å². The Hall–Kier alpha value is -1.98. The first kappa shape index (κ1) is 14.4. The number of aliphatic carboxylic acids is 1. The number of rotatable bonds is 3. The highest BCUT2D eigenvalue weighted by atomic mass is 19.3. The molecule has 2 rings (SSSR count). The molecule has 0 bridgehead atoms. The Morgan fingerprint density at radius 3 is 2.75 bits per heavy atom. The van der Waals surface area contributed by atoms with Gasteiger partial charge in [-0.2, -0.15) is 0 Å². The molecule has 1 saturated heterocycles. The van der Waals surface area contributed by atoms with Crippen molar-refractivity contribution in [3.05, 3.63) is 35.4 Å². The van der Waals surface area contributed by atoms with Crippen molar-refractivity contribution in [3.63, 3.8) is 0 Å². The average Bonchev–Trinajstić information content (AvgIpc) is 2.46. The Morgan fingerprint density at radius 1 is 1.35 bits per heavy atom. The van der Waals surface area contributed by atoms with Gasteiger partial charge in [-0.1, -0.05) is 12.1 Å². The van der Waals surface area contributed by atoms with Gasteiger partial charge in [0.25, 0.3) is 12.3 Å². The van der Waals surface area contributed by atoms with E-state index in [9.17, 15) is 18.4 Å². The highest BCUT2D eigenvalue weighted by Crippen LogP contribution is 2.22. The second kappa shape index (κ2) is 5.98. The number of carboxylic acid groups (broad SMARTS) is 1. The molecule has 1 N–H and O–H groups in total. The number of carbonyl (C=O) groups excluding carboxylic acids is 1. The molecule has 1 aromatic carbocycles. The Balaban J connectivity index is 2.14. The zero-order valence-electron chi connectivity index (χ0n) is 10.8. The lowest BCUT2D eigenvalue weighted by Crippen LogP contribution is -2.42. The summed E-state index contributed by atoms with van der Waals surface area (Å²) in [6, 6.07) is 5.31. The molecule has 0 saturated carbocycles. The largest absolute Gasteiger partial charge is 0.481 e. The number of alkyl halides is 2. The topological polar surface area (TPSA) is 57.6 Å². The molecule has 1 heterocycles. The van der Waals surface area contributed by atoms with Crippen LogP contribution in [-0.2, 0) is 4.79 Å². The van der Waals surface area contributed by atoms with E-state index < -0.39 is 24.2 Å². The van der Waals surface area contributed by atoms with Gasteiger partial charge in [-0.3, -0.25) is 9.59 Å². The molecule has 108 valence electrons. The first-order chi connectivity index (χ1) is 9.49. The van der Waals surface area contributed by atoms with Crippen LogP contribution in [0.15, 0.2) is 24.3 Å². The third kappa shape index (κ3) is 3.12. The lowest BCUT2D eigenvalue weighted by molar-refractivity contribution is -0.143. The summed E-state index contributed by atoms with van der Waals surface area (Å²) in [6.07, 6.45) is -1.48. The molecule has 1 aliphatic heterocycles. The maximum absolute atomic E-state index is 12.6. The summed E-state index contributed by atoms with van der Waals surface area (Å²) < 4.78 is 25.2. The number of carbonyl (C=O) groups is 2. The van der Waals surface area contributed by atoms with Gasteiger partial charge >= 0.3 is 5.97 Å². The summed E-state index contributed by atoms with van der Waals surface area (Å²) in [6.45, 7) is 0.592. The number of nitrogens with zero attached hydrogens (tertiary/aromatic N) is 1. The number of likely N-dealkylation sites (tertiary alicyclic amines) is 1. The van der Waals surface area contributed by atoms with Crippen LogP contribution in [0.5, 0.6) is 0 Å². The molecule has 6 heteroatoms. The third-order valence-corrected chi connectivity index (χ3v) is 3.44. The van der Waals surface area contributed by atoms with Crippen LogP contribution in [0.2, 0.25) is 0 Å². The van der Waals surface area contributed by atoms with E-state index >= 15 is 0 Å². The minimum atomic E-state index is -2.63. The van der Waals surface area contributed by atoms with E-state index in [1.54, 1.807) is 0 Å². The molecular formula is C14H15F2NO3. The highest BCUT2D eigenvalue weighted by Gasteiger charge is 2.28.